The summed E-state index contributed by atoms with van der Waals surface area (Å²) in [5, 5.41) is 9.79. The number of nitrogens with one attached hydrogen (secondary N) is 2. The van der Waals surface area contributed by atoms with Gasteiger partial charge in [-0.1, -0.05) is 0 Å². The summed E-state index contributed by atoms with van der Waals surface area (Å²) < 4.78 is 4.98. The van der Waals surface area contributed by atoms with Crippen LogP contribution in [0.3, 0.4) is 0 Å². The molecule has 2 aromatic heterocycles. The Morgan fingerprint density at radius 1 is 1.28 bits per heavy atom. The number of aryl methyl sites for hydroxylation is 1. The second-order valence-corrected chi connectivity index (χ2v) is 7.10. The lowest BCUT2D eigenvalue weighted by atomic mass is 10.2. The summed E-state index contributed by atoms with van der Waals surface area (Å²) in [4.78, 5) is 36.0. The van der Waals surface area contributed by atoms with Gasteiger partial charge in [0.1, 0.15) is 4.88 Å². The molecule has 0 saturated heterocycles. The average Bonchev–Trinajstić information content (AvgIpc) is 3.21. The van der Waals surface area contributed by atoms with E-state index in [-0.39, 0.29) is 24.2 Å². The van der Waals surface area contributed by atoms with E-state index >= 15 is 0 Å². The minimum atomic E-state index is -0.373. The highest BCUT2D eigenvalue weighted by Crippen LogP contribution is 2.27. The van der Waals surface area contributed by atoms with Crippen LogP contribution in [0.15, 0.2) is 22.9 Å². The van der Waals surface area contributed by atoms with E-state index in [0.717, 1.165) is 5.56 Å². The first-order chi connectivity index (χ1) is 12.0. The molecular weight excluding hydrogens is 360 g/mol. The lowest BCUT2D eigenvalue weighted by Gasteiger charge is -2.04. The fourth-order valence-electron chi connectivity index (χ4n) is 2.09. The molecule has 0 saturated carbocycles. The highest BCUT2D eigenvalue weighted by Gasteiger charge is 2.15. The van der Waals surface area contributed by atoms with E-state index in [1.54, 1.807) is 31.4 Å². The summed E-state index contributed by atoms with van der Waals surface area (Å²) in [5.74, 6) is -0.655. The van der Waals surface area contributed by atoms with Gasteiger partial charge in [0, 0.05) is 23.9 Å². The molecule has 0 atom stereocenters. The Morgan fingerprint density at radius 3 is 2.76 bits per heavy atom. The second kappa shape index (κ2) is 9.33. The summed E-state index contributed by atoms with van der Waals surface area (Å²) in [5.41, 5.74) is 1.41. The lowest BCUT2D eigenvalue weighted by molar-refractivity contribution is -0.116. The maximum Gasteiger partial charge on any atom is 0.348 e. The zero-order valence-electron chi connectivity index (χ0n) is 14.1. The minimum absolute atomic E-state index is 0.130. The van der Waals surface area contributed by atoms with Crippen molar-refractivity contribution in [2.75, 3.05) is 18.5 Å². The Balaban J connectivity index is 1.74. The van der Waals surface area contributed by atoms with Crippen LogP contribution in [0, 0.1) is 6.92 Å². The van der Waals surface area contributed by atoms with Crippen LogP contribution in [0.25, 0.3) is 0 Å². The second-order valence-electron chi connectivity index (χ2n) is 5.26. The van der Waals surface area contributed by atoms with Gasteiger partial charge in [-0.05, 0) is 43.3 Å². The Bertz CT molecular complexity index is 738. The molecule has 8 heteroatoms. The summed E-state index contributed by atoms with van der Waals surface area (Å²) >= 11 is 2.67. The molecule has 2 amide bonds. The lowest BCUT2D eigenvalue weighted by Crippen LogP contribution is -2.25. The zero-order chi connectivity index (χ0) is 18.2. The summed E-state index contributed by atoms with van der Waals surface area (Å²) in [6.07, 6.45) is 0.826. The number of thiophene rings is 2. The van der Waals surface area contributed by atoms with Crippen molar-refractivity contribution >= 4 is 45.5 Å². The molecule has 0 bridgehead atoms. The number of carbonyl (C=O) groups excluding carboxylic acids is 3. The molecule has 2 rings (SSSR count). The molecule has 2 heterocycles. The molecule has 0 unspecified atom stereocenters. The number of amides is 2. The predicted molar refractivity (Wildman–Crippen MR) is 99.5 cm³/mol. The van der Waals surface area contributed by atoms with Crippen LogP contribution in [0.1, 0.15) is 45.4 Å². The summed E-state index contributed by atoms with van der Waals surface area (Å²) in [6, 6.07) is 3.51. The fraction of sp³-hybridized carbons (Fsp3) is 0.353. The van der Waals surface area contributed by atoms with Crippen LogP contribution in [-0.2, 0) is 9.53 Å². The molecule has 0 aliphatic carbocycles. The quantitative estimate of drug-likeness (QED) is 0.543. The number of carbonyl (C=O) groups is 3. The van der Waals surface area contributed by atoms with E-state index in [1.165, 1.54) is 22.7 Å². The Hall–Kier alpha value is -2.19. The van der Waals surface area contributed by atoms with Crippen LogP contribution >= 0.6 is 22.7 Å². The normalized spacial score (nSPS) is 10.3. The Morgan fingerprint density at radius 2 is 2.08 bits per heavy atom. The third kappa shape index (κ3) is 5.68. The van der Waals surface area contributed by atoms with Crippen molar-refractivity contribution in [3.63, 3.8) is 0 Å². The van der Waals surface area contributed by atoms with Gasteiger partial charge in [-0.3, -0.25) is 9.59 Å². The smallest absolute Gasteiger partial charge is 0.348 e. The van der Waals surface area contributed by atoms with E-state index in [2.05, 4.69) is 10.6 Å². The SMILES string of the molecule is CCOC(=O)c1sc(NC(=O)CCCNC(=O)c2ccsc2)cc1C. The molecule has 25 heavy (non-hydrogen) atoms. The van der Waals surface area contributed by atoms with Crippen molar-refractivity contribution < 1.29 is 19.1 Å². The molecule has 0 spiro atoms. The van der Waals surface area contributed by atoms with Crippen molar-refractivity contribution in [3.05, 3.63) is 38.9 Å². The monoisotopic (exact) mass is 380 g/mol. The fourth-order valence-corrected chi connectivity index (χ4v) is 3.71. The topological polar surface area (TPSA) is 84.5 Å². The van der Waals surface area contributed by atoms with Crippen LogP contribution in [0.2, 0.25) is 0 Å². The molecule has 2 aromatic rings. The standard InChI is InChI=1S/C17H20N2O4S2/c1-3-23-17(22)15-11(2)9-14(25-15)19-13(20)5-4-7-18-16(21)12-6-8-24-10-12/h6,8-10H,3-5,7H2,1-2H3,(H,18,21)(H,19,20). The van der Waals surface area contributed by atoms with Crippen LogP contribution in [0.5, 0.6) is 0 Å². The number of ether oxygens (including phenoxy) is 1. The Labute approximate surface area is 154 Å². The molecule has 2 N–H and O–H groups in total. The maximum absolute atomic E-state index is 12.0. The van der Waals surface area contributed by atoms with E-state index in [0.29, 0.717) is 35.0 Å². The molecule has 0 aliphatic rings. The number of anilines is 1. The van der Waals surface area contributed by atoms with Crippen molar-refractivity contribution in [3.8, 4) is 0 Å². The first-order valence-electron chi connectivity index (χ1n) is 7.89. The largest absolute Gasteiger partial charge is 0.462 e. The van der Waals surface area contributed by atoms with Crippen LogP contribution in [0.4, 0.5) is 5.00 Å². The minimum Gasteiger partial charge on any atom is -0.462 e. The van der Waals surface area contributed by atoms with Crippen LogP contribution < -0.4 is 10.6 Å². The number of esters is 1. The van der Waals surface area contributed by atoms with Gasteiger partial charge in [0.05, 0.1) is 11.6 Å². The number of hydrogen-bond acceptors (Lipinski definition) is 6. The van der Waals surface area contributed by atoms with Crippen molar-refractivity contribution in [1.82, 2.24) is 5.32 Å². The first kappa shape index (κ1) is 19.1. The molecule has 0 fully saturated rings. The third-order valence-corrected chi connectivity index (χ3v) is 5.11. The van der Waals surface area contributed by atoms with Crippen molar-refractivity contribution in [1.29, 1.82) is 0 Å². The van der Waals surface area contributed by atoms with Gasteiger partial charge >= 0.3 is 5.97 Å². The molecule has 0 aliphatic heterocycles. The third-order valence-electron chi connectivity index (χ3n) is 3.29. The van der Waals surface area contributed by atoms with E-state index in [4.69, 9.17) is 4.74 Å². The van der Waals surface area contributed by atoms with Crippen molar-refractivity contribution in [2.24, 2.45) is 0 Å². The van der Waals surface area contributed by atoms with E-state index in [9.17, 15) is 14.4 Å². The molecule has 6 nitrogen and oxygen atoms in total. The summed E-state index contributed by atoms with van der Waals surface area (Å²) in [6.45, 7) is 4.30. The van der Waals surface area contributed by atoms with E-state index < -0.39 is 0 Å². The van der Waals surface area contributed by atoms with E-state index in [1.807, 2.05) is 5.38 Å². The highest BCUT2D eigenvalue weighted by molar-refractivity contribution is 7.18. The van der Waals surface area contributed by atoms with Gasteiger partial charge in [-0.15, -0.1) is 11.3 Å². The highest BCUT2D eigenvalue weighted by atomic mass is 32.1. The molecule has 0 aromatic carbocycles. The van der Waals surface area contributed by atoms with Gasteiger partial charge in [0.15, 0.2) is 0 Å². The predicted octanol–water partition coefficient (Wildman–Crippen LogP) is 3.44. The number of hydrogen-bond donors (Lipinski definition) is 2. The molecule has 0 radical (unpaired) electrons. The van der Waals surface area contributed by atoms with Crippen LogP contribution in [-0.4, -0.2) is 30.9 Å². The van der Waals surface area contributed by atoms with Gasteiger partial charge in [-0.25, -0.2) is 4.79 Å². The first-order valence-corrected chi connectivity index (χ1v) is 9.65. The van der Waals surface area contributed by atoms with Gasteiger partial charge in [0.2, 0.25) is 5.91 Å². The molecular formula is C17H20N2O4S2. The van der Waals surface area contributed by atoms with Gasteiger partial charge in [-0.2, -0.15) is 11.3 Å². The van der Waals surface area contributed by atoms with Crippen molar-refractivity contribution in [2.45, 2.75) is 26.7 Å². The maximum atomic E-state index is 12.0. The average molecular weight is 380 g/mol. The number of rotatable bonds is 8. The molecule has 134 valence electrons. The zero-order valence-corrected chi connectivity index (χ0v) is 15.7. The summed E-state index contributed by atoms with van der Waals surface area (Å²) in [7, 11) is 0. The Kier molecular flexibility index (Phi) is 7.15. The van der Waals surface area contributed by atoms with Gasteiger partial charge in [0.25, 0.3) is 5.91 Å². The van der Waals surface area contributed by atoms with Gasteiger partial charge < -0.3 is 15.4 Å².